The van der Waals surface area contributed by atoms with Crippen molar-refractivity contribution in [3.63, 3.8) is 0 Å². The van der Waals surface area contributed by atoms with Crippen LogP contribution in [0.5, 0.6) is 0 Å². The first-order valence-corrected chi connectivity index (χ1v) is 2.74. The van der Waals surface area contributed by atoms with Gasteiger partial charge in [0.2, 0.25) is 0 Å². The van der Waals surface area contributed by atoms with Crippen molar-refractivity contribution in [3.8, 4) is 0 Å². The molecule has 0 amide bonds. The maximum absolute atomic E-state index is 9.71. The third kappa shape index (κ3) is 17.7. The Kier molecular flexibility index (Phi) is 10.1. The quantitative estimate of drug-likeness (QED) is 0.433. The summed E-state index contributed by atoms with van der Waals surface area (Å²) in [4.78, 5) is 25.4. The van der Waals surface area contributed by atoms with Crippen LogP contribution in [-0.4, -0.2) is 22.5 Å². The van der Waals surface area contributed by atoms with Crippen molar-refractivity contribution in [2.45, 2.75) is 20.3 Å². The lowest BCUT2D eigenvalue weighted by molar-refractivity contribution is -0.233. The molecule has 0 saturated heterocycles. The maximum atomic E-state index is 9.71. The molecule has 0 unspecified atom stereocenters. The minimum atomic E-state index is -0.690. The van der Waals surface area contributed by atoms with E-state index in [0.717, 1.165) is 6.92 Å². The Hall–Kier alpha value is -1.14. The van der Waals surface area contributed by atoms with E-state index in [1.807, 2.05) is 0 Å². The molecule has 0 spiro atoms. The molecule has 66 valence electrons. The zero-order valence-corrected chi connectivity index (χ0v) is 6.23. The van der Waals surface area contributed by atoms with Gasteiger partial charge in [-0.3, -0.25) is 0 Å². The first kappa shape index (κ1) is 12.5. The second kappa shape index (κ2) is 8.86. The Bertz CT molecular complexity index is 114. The standard InChI is InChI=1S/C3H6O3.C2H4O3/c1-2-3(4)6-5;1-2(3)5-4/h5H,2H2,1H3;4H,1H3. The van der Waals surface area contributed by atoms with Crippen LogP contribution in [0.3, 0.4) is 0 Å². The van der Waals surface area contributed by atoms with E-state index in [1.165, 1.54) is 0 Å². The summed E-state index contributed by atoms with van der Waals surface area (Å²) in [6, 6.07) is 0. The predicted molar refractivity (Wildman–Crippen MR) is 33.4 cm³/mol. The van der Waals surface area contributed by atoms with Gasteiger partial charge in [-0.1, -0.05) is 6.92 Å². The summed E-state index contributed by atoms with van der Waals surface area (Å²) >= 11 is 0. The van der Waals surface area contributed by atoms with Gasteiger partial charge in [0, 0.05) is 13.3 Å². The molecule has 0 aliphatic rings. The Morgan fingerprint density at radius 2 is 1.64 bits per heavy atom. The first-order chi connectivity index (χ1) is 5.08. The summed E-state index contributed by atoms with van der Waals surface area (Å²) < 4.78 is 0. The molecule has 0 saturated carbocycles. The molecule has 6 heteroatoms. The van der Waals surface area contributed by atoms with Crippen LogP contribution >= 0.6 is 0 Å². The van der Waals surface area contributed by atoms with Gasteiger partial charge in [-0.25, -0.2) is 9.59 Å². The lowest BCUT2D eigenvalue weighted by Crippen LogP contribution is -1.95. The third-order valence-corrected chi connectivity index (χ3v) is 0.519. The topological polar surface area (TPSA) is 93.1 Å². The number of hydrogen-bond donors (Lipinski definition) is 2. The van der Waals surface area contributed by atoms with Crippen molar-refractivity contribution in [2.75, 3.05) is 0 Å². The molecule has 2 N–H and O–H groups in total. The molecule has 0 aliphatic heterocycles. The van der Waals surface area contributed by atoms with E-state index >= 15 is 0 Å². The van der Waals surface area contributed by atoms with E-state index in [1.54, 1.807) is 6.92 Å². The van der Waals surface area contributed by atoms with Gasteiger partial charge >= 0.3 is 11.9 Å². The van der Waals surface area contributed by atoms with Gasteiger partial charge in [0.25, 0.3) is 0 Å². The van der Waals surface area contributed by atoms with Crippen molar-refractivity contribution in [2.24, 2.45) is 0 Å². The van der Waals surface area contributed by atoms with Crippen LogP contribution < -0.4 is 0 Å². The summed E-state index contributed by atoms with van der Waals surface area (Å²) in [5.74, 6) is -1.29. The Morgan fingerprint density at radius 1 is 1.27 bits per heavy atom. The number of rotatable bonds is 1. The minimum Gasteiger partial charge on any atom is -0.301 e. The smallest absolute Gasteiger partial charge is 0.301 e. The van der Waals surface area contributed by atoms with Gasteiger partial charge in [0.1, 0.15) is 0 Å². The monoisotopic (exact) mass is 166 g/mol. The maximum Gasteiger partial charge on any atom is 0.341 e. The average molecular weight is 166 g/mol. The molecule has 0 heterocycles. The molecule has 6 nitrogen and oxygen atoms in total. The van der Waals surface area contributed by atoms with Gasteiger partial charge in [0.05, 0.1) is 0 Å². The molecule has 11 heavy (non-hydrogen) atoms. The number of carbonyl (C=O) groups is 2. The zero-order valence-electron chi connectivity index (χ0n) is 6.23. The predicted octanol–water partition coefficient (Wildman–Crippen LogP) is 0.435. The highest BCUT2D eigenvalue weighted by Crippen LogP contribution is 1.75. The molecule has 0 aliphatic carbocycles. The van der Waals surface area contributed by atoms with Crippen LogP contribution in [-0.2, 0) is 19.4 Å². The van der Waals surface area contributed by atoms with E-state index in [9.17, 15) is 9.59 Å². The molecule has 0 fully saturated rings. The van der Waals surface area contributed by atoms with Gasteiger partial charge in [0.15, 0.2) is 0 Å². The SMILES string of the molecule is CC(=O)OO.CCC(=O)OO. The average Bonchev–Trinajstić information content (AvgIpc) is 2.04. The minimum absolute atomic E-state index is 0.219. The van der Waals surface area contributed by atoms with Crippen molar-refractivity contribution in [1.29, 1.82) is 0 Å². The fourth-order valence-corrected chi connectivity index (χ4v) is 0.0645. The highest BCUT2D eigenvalue weighted by Gasteiger charge is 1.90. The molecular formula is C5H10O6. The van der Waals surface area contributed by atoms with Crippen molar-refractivity contribution in [3.05, 3.63) is 0 Å². The van der Waals surface area contributed by atoms with Crippen LogP contribution in [0.4, 0.5) is 0 Å². The normalized spacial score (nSPS) is 7.27. The Morgan fingerprint density at radius 3 is 1.64 bits per heavy atom. The summed E-state index contributed by atoms with van der Waals surface area (Å²) in [7, 11) is 0. The number of hydrogen-bond acceptors (Lipinski definition) is 6. The van der Waals surface area contributed by atoms with Crippen molar-refractivity contribution in [1.82, 2.24) is 0 Å². The lowest BCUT2D eigenvalue weighted by atomic mass is 10.5. The van der Waals surface area contributed by atoms with E-state index in [2.05, 4.69) is 9.78 Å². The fourth-order valence-electron chi connectivity index (χ4n) is 0.0645. The van der Waals surface area contributed by atoms with Crippen molar-refractivity contribution < 1.29 is 29.9 Å². The summed E-state index contributed by atoms with van der Waals surface area (Å²) in [6.07, 6.45) is 0.219. The second-order valence-corrected chi connectivity index (χ2v) is 1.40. The highest BCUT2D eigenvalue weighted by molar-refractivity contribution is 5.67. The van der Waals surface area contributed by atoms with E-state index in [4.69, 9.17) is 10.5 Å². The van der Waals surface area contributed by atoms with Gasteiger partial charge in [-0.15, -0.1) is 0 Å². The molecule has 0 rings (SSSR count). The molecule has 0 aromatic heterocycles. The van der Waals surface area contributed by atoms with E-state index < -0.39 is 11.9 Å². The number of carbonyl (C=O) groups excluding carboxylic acids is 2. The van der Waals surface area contributed by atoms with Crippen LogP contribution in [0, 0.1) is 0 Å². The zero-order chi connectivity index (χ0) is 9.28. The molecule has 0 atom stereocenters. The van der Waals surface area contributed by atoms with Gasteiger partial charge in [-0.05, 0) is 0 Å². The van der Waals surface area contributed by atoms with Gasteiger partial charge < -0.3 is 9.78 Å². The summed E-state index contributed by atoms with van der Waals surface area (Å²) in [6.45, 7) is 2.71. The van der Waals surface area contributed by atoms with Crippen LogP contribution in [0.15, 0.2) is 0 Å². The van der Waals surface area contributed by atoms with Crippen LogP contribution in [0.25, 0.3) is 0 Å². The molecular weight excluding hydrogens is 156 g/mol. The van der Waals surface area contributed by atoms with Crippen LogP contribution in [0.2, 0.25) is 0 Å². The second-order valence-electron chi connectivity index (χ2n) is 1.40. The molecule has 0 radical (unpaired) electrons. The summed E-state index contributed by atoms with van der Waals surface area (Å²) in [5.41, 5.74) is 0. The third-order valence-electron chi connectivity index (χ3n) is 0.519. The largest absolute Gasteiger partial charge is 0.341 e. The lowest BCUT2D eigenvalue weighted by Gasteiger charge is -1.83. The van der Waals surface area contributed by atoms with Gasteiger partial charge in [-0.2, -0.15) is 10.5 Å². The first-order valence-electron chi connectivity index (χ1n) is 2.74. The Balaban J connectivity index is 0. The van der Waals surface area contributed by atoms with E-state index in [0.29, 0.717) is 0 Å². The highest BCUT2D eigenvalue weighted by atomic mass is 17.1. The molecule has 0 aromatic rings. The Labute approximate surface area is 63.2 Å². The van der Waals surface area contributed by atoms with E-state index in [-0.39, 0.29) is 6.42 Å². The van der Waals surface area contributed by atoms with Crippen LogP contribution in [0.1, 0.15) is 20.3 Å². The fraction of sp³-hybridized carbons (Fsp3) is 0.600. The van der Waals surface area contributed by atoms with Crippen molar-refractivity contribution >= 4 is 11.9 Å². The summed E-state index contributed by atoms with van der Waals surface area (Å²) in [5, 5.41) is 14.8. The molecule has 0 aromatic carbocycles. The molecule has 0 bridgehead atoms.